The predicted molar refractivity (Wildman–Crippen MR) is 135 cm³/mol. The third-order valence-electron chi connectivity index (χ3n) is 5.46. The average Bonchev–Trinajstić information content (AvgIpc) is 3.41. The van der Waals surface area contributed by atoms with Gasteiger partial charge in [0.25, 0.3) is 5.91 Å². The van der Waals surface area contributed by atoms with E-state index < -0.39 is 15.9 Å². The van der Waals surface area contributed by atoms with E-state index in [1.165, 1.54) is 56.7 Å². The summed E-state index contributed by atoms with van der Waals surface area (Å²) in [5.41, 5.74) is 1.60. The van der Waals surface area contributed by atoms with Crippen LogP contribution in [0.1, 0.15) is 42.7 Å². The molecule has 8 nitrogen and oxygen atoms in total. The molecule has 1 amide bonds. The molecule has 0 aliphatic rings. The van der Waals surface area contributed by atoms with Crippen LogP contribution in [-0.4, -0.2) is 46.5 Å². The molecule has 0 bridgehead atoms. The first-order valence-corrected chi connectivity index (χ1v) is 13.5. The minimum atomic E-state index is -3.63. The van der Waals surface area contributed by atoms with E-state index in [4.69, 9.17) is 0 Å². The monoisotopic (exact) mass is 515 g/mol. The lowest BCUT2D eigenvalue weighted by molar-refractivity contribution is 0.102. The van der Waals surface area contributed by atoms with E-state index in [2.05, 4.69) is 15.4 Å². The maximum Gasteiger partial charge on any atom is 0.256 e. The van der Waals surface area contributed by atoms with E-state index in [0.29, 0.717) is 45.5 Å². The number of nitrogens with one attached hydrogen (secondary N) is 1. The Morgan fingerprint density at radius 2 is 1.89 bits per heavy atom. The van der Waals surface area contributed by atoms with E-state index in [0.717, 1.165) is 12.8 Å². The van der Waals surface area contributed by atoms with E-state index in [9.17, 15) is 17.6 Å². The molecule has 0 aliphatic carbocycles. The molecule has 0 radical (unpaired) electrons. The van der Waals surface area contributed by atoms with Gasteiger partial charge in [-0.25, -0.2) is 17.8 Å². The lowest BCUT2D eigenvalue weighted by atomic mass is 10.2. The number of thiazole rings is 1. The van der Waals surface area contributed by atoms with Crippen LogP contribution in [0.4, 0.5) is 10.2 Å². The van der Waals surface area contributed by atoms with Crippen molar-refractivity contribution < 1.29 is 17.6 Å². The van der Waals surface area contributed by atoms with Gasteiger partial charge in [0.1, 0.15) is 11.6 Å². The number of halogens is 1. The van der Waals surface area contributed by atoms with Crippen LogP contribution in [0.3, 0.4) is 0 Å². The van der Waals surface area contributed by atoms with Crippen molar-refractivity contribution in [1.29, 1.82) is 0 Å². The highest BCUT2D eigenvalue weighted by Gasteiger charge is 2.23. The van der Waals surface area contributed by atoms with E-state index in [-0.39, 0.29) is 10.7 Å². The largest absolute Gasteiger partial charge is 0.306 e. The molecular formula is C24H26FN5O3S2. The number of anilines is 1. The number of hydrogen-bond donors (Lipinski definition) is 1. The van der Waals surface area contributed by atoms with Gasteiger partial charge in [-0.15, -0.1) is 0 Å². The highest BCUT2D eigenvalue weighted by atomic mass is 32.2. The number of aryl methyl sites for hydroxylation is 1. The van der Waals surface area contributed by atoms with Gasteiger partial charge in [-0.2, -0.15) is 14.1 Å². The summed E-state index contributed by atoms with van der Waals surface area (Å²) in [7, 11) is -3.63. The lowest BCUT2D eigenvalue weighted by Gasteiger charge is -2.20. The van der Waals surface area contributed by atoms with Crippen LogP contribution < -0.4 is 5.32 Å². The third kappa shape index (κ3) is 5.26. The number of hydrogen-bond acceptors (Lipinski definition) is 6. The summed E-state index contributed by atoms with van der Waals surface area (Å²) in [6.07, 6.45) is 1.68. The second-order valence-electron chi connectivity index (χ2n) is 8.02. The normalized spacial score (nSPS) is 11.9. The number of aromatic nitrogens is 3. The van der Waals surface area contributed by atoms with Gasteiger partial charge in [0, 0.05) is 24.7 Å². The van der Waals surface area contributed by atoms with Crippen molar-refractivity contribution in [3.63, 3.8) is 0 Å². The fraction of sp³-hybridized carbons (Fsp3) is 0.292. The Bertz CT molecular complexity index is 1460. The first kappa shape index (κ1) is 25.0. The van der Waals surface area contributed by atoms with Gasteiger partial charge in [-0.1, -0.05) is 31.6 Å². The zero-order chi connectivity index (χ0) is 25.2. The number of unbranched alkanes of at least 4 members (excludes halogenated alkanes) is 1. The minimum absolute atomic E-state index is 0.148. The Hall–Kier alpha value is -3.15. The molecule has 0 atom stereocenters. The number of rotatable bonds is 9. The van der Waals surface area contributed by atoms with Crippen molar-refractivity contribution >= 4 is 43.3 Å². The molecular weight excluding hydrogens is 489 g/mol. The molecule has 2 aromatic heterocycles. The fourth-order valence-corrected chi connectivity index (χ4v) is 6.05. The predicted octanol–water partition coefficient (Wildman–Crippen LogP) is 4.99. The van der Waals surface area contributed by atoms with E-state index in [1.807, 2.05) is 13.8 Å². The molecule has 0 aliphatic heterocycles. The summed E-state index contributed by atoms with van der Waals surface area (Å²) in [5.74, 6) is -0.364. The number of benzene rings is 2. The standard InChI is InChI=1S/C24H26FN5O3S2/c1-4-6-13-29(5-2)35(32,33)19-10-7-17(8-11-19)23(31)27-22-14-16(3)28-30(22)24-26-20-12-9-18(25)15-21(20)34-24/h7-12,14-15H,4-6,13H2,1-3H3,(H,27,31). The molecule has 0 fully saturated rings. The summed E-state index contributed by atoms with van der Waals surface area (Å²) in [6, 6.07) is 11.9. The highest BCUT2D eigenvalue weighted by Crippen LogP contribution is 2.28. The van der Waals surface area contributed by atoms with Crippen LogP contribution in [0, 0.1) is 12.7 Å². The molecule has 2 aromatic carbocycles. The first-order valence-electron chi connectivity index (χ1n) is 11.3. The Morgan fingerprint density at radius 3 is 2.57 bits per heavy atom. The number of fused-ring (bicyclic) bond motifs is 1. The number of sulfonamides is 1. The van der Waals surface area contributed by atoms with Gasteiger partial charge >= 0.3 is 0 Å². The van der Waals surface area contributed by atoms with Crippen molar-refractivity contribution in [2.45, 2.75) is 38.5 Å². The van der Waals surface area contributed by atoms with Crippen molar-refractivity contribution in [1.82, 2.24) is 19.1 Å². The molecule has 0 saturated heterocycles. The van der Waals surface area contributed by atoms with Gasteiger partial charge in [0.15, 0.2) is 0 Å². The topological polar surface area (TPSA) is 97.2 Å². The Kier molecular flexibility index (Phi) is 7.29. The average molecular weight is 516 g/mol. The Balaban J connectivity index is 1.56. The second kappa shape index (κ2) is 10.2. The molecule has 4 rings (SSSR count). The highest BCUT2D eigenvalue weighted by molar-refractivity contribution is 7.89. The van der Waals surface area contributed by atoms with Crippen LogP contribution in [0.25, 0.3) is 15.3 Å². The van der Waals surface area contributed by atoms with Crippen LogP contribution >= 0.6 is 11.3 Å². The number of amides is 1. The molecule has 4 aromatic rings. The molecule has 35 heavy (non-hydrogen) atoms. The van der Waals surface area contributed by atoms with Gasteiger partial charge < -0.3 is 5.32 Å². The van der Waals surface area contributed by atoms with Crippen LogP contribution in [0.5, 0.6) is 0 Å². The van der Waals surface area contributed by atoms with Gasteiger partial charge in [0.2, 0.25) is 15.2 Å². The van der Waals surface area contributed by atoms with E-state index >= 15 is 0 Å². The molecule has 11 heteroatoms. The van der Waals surface area contributed by atoms with Crippen LogP contribution in [0.15, 0.2) is 53.4 Å². The van der Waals surface area contributed by atoms with Crippen molar-refractivity contribution in [3.05, 3.63) is 65.6 Å². The van der Waals surface area contributed by atoms with E-state index in [1.54, 1.807) is 19.1 Å². The molecule has 1 N–H and O–H groups in total. The summed E-state index contributed by atoms with van der Waals surface area (Å²) in [5, 5.41) is 7.72. The fourth-order valence-electron chi connectivity index (χ4n) is 3.61. The smallest absolute Gasteiger partial charge is 0.256 e. The lowest BCUT2D eigenvalue weighted by Crippen LogP contribution is -2.31. The van der Waals surface area contributed by atoms with Gasteiger partial charge in [-0.05, 0) is 55.8 Å². The number of nitrogens with zero attached hydrogens (tertiary/aromatic N) is 4. The molecule has 0 unspecified atom stereocenters. The maximum absolute atomic E-state index is 13.6. The minimum Gasteiger partial charge on any atom is -0.306 e. The zero-order valence-electron chi connectivity index (χ0n) is 19.7. The zero-order valence-corrected chi connectivity index (χ0v) is 21.3. The van der Waals surface area contributed by atoms with Crippen molar-refractivity contribution in [2.75, 3.05) is 18.4 Å². The molecule has 2 heterocycles. The van der Waals surface area contributed by atoms with Crippen molar-refractivity contribution in [2.24, 2.45) is 0 Å². The summed E-state index contributed by atoms with van der Waals surface area (Å²) >= 11 is 1.26. The Labute approximate surface area is 207 Å². The SMILES string of the molecule is CCCCN(CC)S(=O)(=O)c1ccc(C(=O)Nc2cc(C)nn2-c2nc3ccc(F)cc3s2)cc1. The molecule has 0 spiro atoms. The molecule has 184 valence electrons. The Morgan fingerprint density at radius 1 is 1.14 bits per heavy atom. The second-order valence-corrected chi connectivity index (χ2v) is 11.0. The van der Waals surface area contributed by atoms with Gasteiger partial charge in [0.05, 0.1) is 20.8 Å². The number of carbonyl (C=O) groups is 1. The number of carbonyl (C=O) groups excluding carboxylic acids is 1. The summed E-state index contributed by atoms with van der Waals surface area (Å²) in [6.45, 7) is 6.45. The van der Waals surface area contributed by atoms with Gasteiger partial charge in [-0.3, -0.25) is 4.79 Å². The maximum atomic E-state index is 13.6. The third-order valence-corrected chi connectivity index (χ3v) is 8.44. The van der Waals surface area contributed by atoms with Crippen LogP contribution in [0.2, 0.25) is 0 Å². The first-order chi connectivity index (χ1) is 16.7. The van der Waals surface area contributed by atoms with Crippen molar-refractivity contribution in [3.8, 4) is 5.13 Å². The van der Waals surface area contributed by atoms with Crippen LogP contribution in [-0.2, 0) is 10.0 Å². The summed E-state index contributed by atoms with van der Waals surface area (Å²) in [4.78, 5) is 17.6. The summed E-state index contributed by atoms with van der Waals surface area (Å²) < 4.78 is 43.0. The molecule has 0 saturated carbocycles. The quantitative estimate of drug-likeness (QED) is 0.339.